The molecular weight excluding hydrogens is 200 g/mol. The van der Waals surface area contributed by atoms with Gasteiger partial charge in [-0.05, 0) is 24.1 Å². The van der Waals surface area contributed by atoms with E-state index in [1.54, 1.807) is 19.2 Å². The number of nitrogen functional groups attached to an aromatic ring is 1. The van der Waals surface area contributed by atoms with Crippen molar-refractivity contribution in [3.8, 4) is 5.75 Å². The van der Waals surface area contributed by atoms with E-state index in [1.165, 1.54) is 0 Å². The van der Waals surface area contributed by atoms with E-state index < -0.39 is 0 Å². The molecule has 0 saturated heterocycles. The van der Waals surface area contributed by atoms with Gasteiger partial charge in [-0.1, -0.05) is 18.5 Å². The van der Waals surface area contributed by atoms with Crippen molar-refractivity contribution in [2.45, 2.75) is 19.4 Å². The number of nitrogens with two attached hydrogens (primary N) is 2. The SMILES string of the molecule is CC[C@H](N)c1cc(OC)c(N)cc1Cl. The number of rotatable bonds is 3. The van der Waals surface area contributed by atoms with Crippen LogP contribution in [-0.4, -0.2) is 7.11 Å². The summed E-state index contributed by atoms with van der Waals surface area (Å²) in [5.41, 5.74) is 13.0. The number of ether oxygens (including phenoxy) is 1. The third-order valence-corrected chi connectivity index (χ3v) is 2.52. The minimum Gasteiger partial charge on any atom is -0.495 e. The number of methoxy groups -OCH3 is 1. The number of benzene rings is 1. The summed E-state index contributed by atoms with van der Waals surface area (Å²) >= 11 is 6.02. The summed E-state index contributed by atoms with van der Waals surface area (Å²) in [5.74, 6) is 0.619. The molecule has 0 radical (unpaired) electrons. The van der Waals surface area contributed by atoms with Gasteiger partial charge in [0.2, 0.25) is 0 Å². The van der Waals surface area contributed by atoms with Crippen LogP contribution in [0, 0.1) is 0 Å². The van der Waals surface area contributed by atoms with Crippen LogP contribution in [0.3, 0.4) is 0 Å². The Bertz CT molecular complexity index is 328. The quantitative estimate of drug-likeness (QED) is 0.760. The molecule has 0 aliphatic heterocycles. The van der Waals surface area contributed by atoms with Gasteiger partial charge in [-0.2, -0.15) is 0 Å². The Morgan fingerprint density at radius 1 is 1.50 bits per heavy atom. The summed E-state index contributed by atoms with van der Waals surface area (Å²) in [6.45, 7) is 2.00. The molecule has 0 aliphatic carbocycles. The fourth-order valence-electron chi connectivity index (χ4n) is 1.27. The van der Waals surface area contributed by atoms with Crippen LogP contribution in [0.4, 0.5) is 5.69 Å². The highest BCUT2D eigenvalue weighted by Crippen LogP contribution is 2.32. The minimum absolute atomic E-state index is 0.0722. The molecule has 0 amide bonds. The largest absolute Gasteiger partial charge is 0.495 e. The fourth-order valence-corrected chi connectivity index (χ4v) is 1.58. The molecule has 1 aromatic rings. The van der Waals surface area contributed by atoms with Crippen LogP contribution >= 0.6 is 11.6 Å². The Morgan fingerprint density at radius 2 is 2.14 bits per heavy atom. The van der Waals surface area contributed by atoms with Crippen molar-refractivity contribution in [1.82, 2.24) is 0 Å². The Morgan fingerprint density at radius 3 is 2.64 bits per heavy atom. The molecule has 4 heteroatoms. The Kier molecular flexibility index (Phi) is 3.61. The first-order valence-electron chi connectivity index (χ1n) is 4.48. The van der Waals surface area contributed by atoms with Gasteiger partial charge in [0.15, 0.2) is 0 Å². The second-order valence-electron chi connectivity index (χ2n) is 3.13. The second kappa shape index (κ2) is 4.53. The van der Waals surface area contributed by atoms with E-state index in [0.717, 1.165) is 12.0 Å². The van der Waals surface area contributed by atoms with Crippen LogP contribution in [0.15, 0.2) is 12.1 Å². The lowest BCUT2D eigenvalue weighted by Crippen LogP contribution is -2.10. The topological polar surface area (TPSA) is 61.3 Å². The monoisotopic (exact) mass is 214 g/mol. The molecule has 0 unspecified atom stereocenters. The smallest absolute Gasteiger partial charge is 0.142 e. The zero-order valence-electron chi connectivity index (χ0n) is 8.38. The maximum Gasteiger partial charge on any atom is 0.142 e. The minimum atomic E-state index is -0.0722. The molecule has 0 aliphatic rings. The van der Waals surface area contributed by atoms with Crippen LogP contribution in [-0.2, 0) is 0 Å². The number of anilines is 1. The third kappa shape index (κ3) is 2.11. The standard InChI is InChI=1S/C10H15ClN2O/c1-3-8(12)6-4-10(14-2)9(13)5-7(6)11/h4-5,8H,3,12-13H2,1-2H3/t8-/m0/s1. The maximum absolute atomic E-state index is 6.02. The predicted octanol–water partition coefficient (Wildman–Crippen LogP) is 2.34. The lowest BCUT2D eigenvalue weighted by atomic mass is 10.0. The van der Waals surface area contributed by atoms with Gasteiger partial charge >= 0.3 is 0 Å². The normalized spacial score (nSPS) is 12.6. The summed E-state index contributed by atoms with van der Waals surface area (Å²) in [5, 5.41) is 0.595. The van der Waals surface area contributed by atoms with Crippen molar-refractivity contribution < 1.29 is 4.74 Å². The molecule has 0 spiro atoms. The Labute approximate surface area is 89.0 Å². The molecule has 0 fully saturated rings. The molecule has 78 valence electrons. The first-order valence-corrected chi connectivity index (χ1v) is 4.86. The van der Waals surface area contributed by atoms with Crippen LogP contribution in [0.1, 0.15) is 24.9 Å². The highest BCUT2D eigenvalue weighted by atomic mass is 35.5. The first kappa shape index (κ1) is 11.1. The lowest BCUT2D eigenvalue weighted by molar-refractivity contribution is 0.416. The average Bonchev–Trinajstić information content (AvgIpc) is 2.17. The molecule has 1 rings (SSSR count). The highest BCUT2D eigenvalue weighted by molar-refractivity contribution is 6.31. The van der Waals surface area contributed by atoms with Crippen molar-refractivity contribution in [1.29, 1.82) is 0 Å². The molecular formula is C10H15ClN2O. The lowest BCUT2D eigenvalue weighted by Gasteiger charge is -2.14. The van der Waals surface area contributed by atoms with Crippen molar-refractivity contribution in [2.24, 2.45) is 5.73 Å². The summed E-state index contributed by atoms with van der Waals surface area (Å²) in [4.78, 5) is 0. The van der Waals surface area contributed by atoms with Gasteiger partial charge < -0.3 is 16.2 Å². The Hall–Kier alpha value is -0.930. The van der Waals surface area contributed by atoms with Crippen LogP contribution in [0.25, 0.3) is 0 Å². The van der Waals surface area contributed by atoms with Gasteiger partial charge in [0.05, 0.1) is 12.8 Å². The van der Waals surface area contributed by atoms with E-state index in [0.29, 0.717) is 16.5 Å². The van der Waals surface area contributed by atoms with E-state index in [2.05, 4.69) is 0 Å². The zero-order chi connectivity index (χ0) is 10.7. The van der Waals surface area contributed by atoms with E-state index >= 15 is 0 Å². The van der Waals surface area contributed by atoms with Crippen molar-refractivity contribution in [2.75, 3.05) is 12.8 Å². The summed E-state index contributed by atoms with van der Waals surface area (Å²) in [7, 11) is 1.57. The molecule has 1 atom stereocenters. The number of hydrogen-bond acceptors (Lipinski definition) is 3. The fraction of sp³-hybridized carbons (Fsp3) is 0.400. The molecule has 1 aromatic carbocycles. The molecule has 0 aromatic heterocycles. The molecule has 14 heavy (non-hydrogen) atoms. The zero-order valence-corrected chi connectivity index (χ0v) is 9.14. The van der Waals surface area contributed by atoms with Gasteiger partial charge in [-0.15, -0.1) is 0 Å². The maximum atomic E-state index is 6.02. The van der Waals surface area contributed by atoms with E-state index in [4.69, 9.17) is 27.8 Å². The third-order valence-electron chi connectivity index (χ3n) is 2.19. The van der Waals surface area contributed by atoms with Crippen molar-refractivity contribution in [3.05, 3.63) is 22.7 Å². The van der Waals surface area contributed by atoms with Crippen LogP contribution in [0.5, 0.6) is 5.75 Å². The first-order chi connectivity index (χ1) is 6.60. The molecule has 0 heterocycles. The van der Waals surface area contributed by atoms with Crippen LogP contribution in [0.2, 0.25) is 5.02 Å². The number of halogens is 1. The van der Waals surface area contributed by atoms with E-state index in [9.17, 15) is 0 Å². The molecule has 3 nitrogen and oxygen atoms in total. The number of hydrogen-bond donors (Lipinski definition) is 2. The van der Waals surface area contributed by atoms with Gasteiger partial charge in [0.25, 0.3) is 0 Å². The molecule has 0 bridgehead atoms. The van der Waals surface area contributed by atoms with Crippen LogP contribution < -0.4 is 16.2 Å². The second-order valence-corrected chi connectivity index (χ2v) is 3.54. The summed E-state index contributed by atoms with van der Waals surface area (Å²) in [6.07, 6.45) is 0.826. The predicted molar refractivity (Wildman–Crippen MR) is 59.6 cm³/mol. The van der Waals surface area contributed by atoms with Gasteiger partial charge in [0.1, 0.15) is 5.75 Å². The van der Waals surface area contributed by atoms with Crippen molar-refractivity contribution >= 4 is 17.3 Å². The van der Waals surface area contributed by atoms with E-state index in [-0.39, 0.29) is 6.04 Å². The summed E-state index contributed by atoms with van der Waals surface area (Å²) in [6, 6.07) is 3.40. The molecule has 0 saturated carbocycles. The Balaban J connectivity index is 3.17. The summed E-state index contributed by atoms with van der Waals surface area (Å²) < 4.78 is 5.10. The van der Waals surface area contributed by atoms with E-state index in [1.807, 2.05) is 6.92 Å². The van der Waals surface area contributed by atoms with Gasteiger partial charge in [-0.3, -0.25) is 0 Å². The average molecular weight is 215 g/mol. The molecule has 4 N–H and O–H groups in total. The van der Waals surface area contributed by atoms with Crippen molar-refractivity contribution in [3.63, 3.8) is 0 Å². The van der Waals surface area contributed by atoms with Gasteiger partial charge in [-0.25, -0.2) is 0 Å². The van der Waals surface area contributed by atoms with Gasteiger partial charge in [0, 0.05) is 11.1 Å². The highest BCUT2D eigenvalue weighted by Gasteiger charge is 2.11.